The molecule has 1 fully saturated rings. The molecular weight excluding hydrogens is 244 g/mol. The molecule has 0 spiro atoms. The summed E-state index contributed by atoms with van der Waals surface area (Å²) in [5, 5.41) is 13.1. The van der Waals surface area contributed by atoms with Gasteiger partial charge in [0.15, 0.2) is 6.10 Å². The molecule has 1 heterocycles. The van der Waals surface area contributed by atoms with Gasteiger partial charge in [0, 0.05) is 19.6 Å². The molecule has 1 aromatic rings. The van der Waals surface area contributed by atoms with Gasteiger partial charge < -0.3 is 20.1 Å². The fourth-order valence-electron chi connectivity index (χ4n) is 2.22. The van der Waals surface area contributed by atoms with E-state index in [1.165, 1.54) is 0 Å². The predicted molar refractivity (Wildman–Crippen MR) is 71.6 cm³/mol. The highest BCUT2D eigenvalue weighted by Gasteiger charge is 2.28. The first-order valence-electron chi connectivity index (χ1n) is 6.50. The Labute approximate surface area is 113 Å². The number of carbonyl (C=O) groups excluding carboxylic acids is 1. The zero-order valence-corrected chi connectivity index (χ0v) is 11.1. The number of amides is 1. The first-order chi connectivity index (χ1) is 9.22. The fraction of sp³-hybridized carbons (Fsp3) is 0.500. The summed E-state index contributed by atoms with van der Waals surface area (Å²) < 4.78 is 5.55. The number of aliphatic hydroxyl groups is 1. The van der Waals surface area contributed by atoms with Crippen LogP contribution in [0.4, 0.5) is 0 Å². The standard InChI is InChI=1S/C14H20N2O3/c1-15-9-12-10-16(7-8-19-12)14(18)13(17)11-5-3-2-4-6-11/h2-6,12-13,15,17H,7-10H2,1H3. The molecule has 2 atom stereocenters. The molecule has 1 aromatic carbocycles. The summed E-state index contributed by atoms with van der Waals surface area (Å²) in [6.45, 7) is 2.26. The molecule has 104 valence electrons. The third kappa shape index (κ3) is 3.53. The number of carbonyl (C=O) groups is 1. The molecule has 0 saturated carbocycles. The minimum atomic E-state index is -1.09. The van der Waals surface area contributed by atoms with Crippen LogP contribution in [0, 0.1) is 0 Å². The molecule has 2 unspecified atom stereocenters. The van der Waals surface area contributed by atoms with E-state index in [2.05, 4.69) is 5.32 Å². The van der Waals surface area contributed by atoms with Crippen molar-refractivity contribution in [3.05, 3.63) is 35.9 Å². The number of hydrogen-bond donors (Lipinski definition) is 2. The Balaban J connectivity index is 1.99. The van der Waals surface area contributed by atoms with E-state index in [0.717, 1.165) is 0 Å². The van der Waals surface area contributed by atoms with Crippen molar-refractivity contribution < 1.29 is 14.6 Å². The summed E-state index contributed by atoms with van der Waals surface area (Å²) in [5.41, 5.74) is 0.629. The van der Waals surface area contributed by atoms with Crippen molar-refractivity contribution >= 4 is 5.91 Å². The second-order valence-corrected chi connectivity index (χ2v) is 4.65. The molecule has 1 aliphatic rings. The number of benzene rings is 1. The number of likely N-dealkylation sites (N-methyl/N-ethyl adjacent to an activating group) is 1. The van der Waals surface area contributed by atoms with E-state index in [1.54, 1.807) is 17.0 Å². The molecule has 0 aliphatic carbocycles. The lowest BCUT2D eigenvalue weighted by Crippen LogP contribution is -2.49. The van der Waals surface area contributed by atoms with Crippen molar-refractivity contribution in [2.45, 2.75) is 12.2 Å². The molecule has 5 heteroatoms. The summed E-state index contributed by atoms with van der Waals surface area (Å²) in [4.78, 5) is 13.9. The van der Waals surface area contributed by atoms with Crippen LogP contribution in [0.2, 0.25) is 0 Å². The smallest absolute Gasteiger partial charge is 0.256 e. The Morgan fingerprint density at radius 3 is 2.95 bits per heavy atom. The van der Waals surface area contributed by atoms with Crippen LogP contribution in [0.3, 0.4) is 0 Å². The Bertz CT molecular complexity index is 408. The zero-order chi connectivity index (χ0) is 13.7. The predicted octanol–water partition coefficient (Wildman–Crippen LogP) is 0.167. The minimum Gasteiger partial charge on any atom is -0.378 e. The third-order valence-electron chi connectivity index (χ3n) is 3.23. The van der Waals surface area contributed by atoms with E-state index in [-0.39, 0.29) is 12.0 Å². The highest BCUT2D eigenvalue weighted by atomic mass is 16.5. The second kappa shape index (κ2) is 6.65. The van der Waals surface area contributed by atoms with Gasteiger partial charge in [0.1, 0.15) is 0 Å². The molecule has 0 radical (unpaired) electrons. The summed E-state index contributed by atoms with van der Waals surface area (Å²) in [7, 11) is 1.85. The SMILES string of the molecule is CNCC1CN(C(=O)C(O)c2ccccc2)CCO1. The fourth-order valence-corrected chi connectivity index (χ4v) is 2.22. The number of nitrogens with one attached hydrogen (secondary N) is 1. The summed E-state index contributed by atoms with van der Waals surface area (Å²) >= 11 is 0. The number of ether oxygens (including phenoxy) is 1. The Hall–Kier alpha value is -1.43. The number of hydrogen-bond acceptors (Lipinski definition) is 4. The van der Waals surface area contributed by atoms with Gasteiger partial charge in [0.2, 0.25) is 0 Å². The van der Waals surface area contributed by atoms with E-state index < -0.39 is 6.10 Å². The van der Waals surface area contributed by atoms with Gasteiger partial charge in [-0.2, -0.15) is 0 Å². The maximum atomic E-state index is 12.2. The van der Waals surface area contributed by atoms with Crippen LogP contribution < -0.4 is 5.32 Å². The molecule has 2 N–H and O–H groups in total. The molecule has 1 aliphatic heterocycles. The lowest BCUT2D eigenvalue weighted by atomic mass is 10.1. The average molecular weight is 264 g/mol. The molecule has 2 rings (SSSR count). The third-order valence-corrected chi connectivity index (χ3v) is 3.23. The maximum absolute atomic E-state index is 12.2. The van der Waals surface area contributed by atoms with E-state index in [1.807, 2.05) is 25.2 Å². The van der Waals surface area contributed by atoms with E-state index in [0.29, 0.717) is 31.8 Å². The van der Waals surface area contributed by atoms with Crippen LogP contribution >= 0.6 is 0 Å². The van der Waals surface area contributed by atoms with Crippen LogP contribution in [-0.4, -0.2) is 55.3 Å². The first-order valence-corrected chi connectivity index (χ1v) is 6.50. The largest absolute Gasteiger partial charge is 0.378 e. The topological polar surface area (TPSA) is 61.8 Å². The minimum absolute atomic E-state index is 0.00864. The highest BCUT2D eigenvalue weighted by molar-refractivity contribution is 5.82. The van der Waals surface area contributed by atoms with Gasteiger partial charge in [-0.05, 0) is 12.6 Å². The summed E-state index contributed by atoms with van der Waals surface area (Å²) in [6.07, 6.45) is -1.10. The molecular formula is C14H20N2O3. The number of aliphatic hydroxyl groups excluding tert-OH is 1. The molecule has 1 saturated heterocycles. The van der Waals surface area contributed by atoms with Gasteiger partial charge in [-0.15, -0.1) is 0 Å². The molecule has 5 nitrogen and oxygen atoms in total. The monoisotopic (exact) mass is 264 g/mol. The number of nitrogens with zero attached hydrogens (tertiary/aromatic N) is 1. The summed E-state index contributed by atoms with van der Waals surface area (Å²) in [5.74, 6) is -0.254. The van der Waals surface area contributed by atoms with Gasteiger partial charge >= 0.3 is 0 Å². The zero-order valence-electron chi connectivity index (χ0n) is 11.1. The van der Waals surface area contributed by atoms with E-state index in [9.17, 15) is 9.90 Å². The lowest BCUT2D eigenvalue weighted by Gasteiger charge is -2.34. The van der Waals surface area contributed by atoms with Crippen molar-refractivity contribution in [1.29, 1.82) is 0 Å². The Kier molecular flexibility index (Phi) is 4.90. The normalized spacial score (nSPS) is 21.2. The maximum Gasteiger partial charge on any atom is 0.256 e. The van der Waals surface area contributed by atoms with Gasteiger partial charge in [-0.1, -0.05) is 30.3 Å². The van der Waals surface area contributed by atoms with Gasteiger partial charge in [0.05, 0.1) is 12.7 Å². The molecule has 19 heavy (non-hydrogen) atoms. The number of rotatable bonds is 4. The molecule has 0 aromatic heterocycles. The van der Waals surface area contributed by atoms with Crippen LogP contribution in [0.5, 0.6) is 0 Å². The molecule has 0 bridgehead atoms. The molecule has 1 amide bonds. The van der Waals surface area contributed by atoms with Crippen molar-refractivity contribution in [3.8, 4) is 0 Å². The van der Waals surface area contributed by atoms with Crippen LogP contribution in [0.25, 0.3) is 0 Å². The first kappa shape index (κ1) is 14.0. The average Bonchev–Trinajstić information content (AvgIpc) is 2.47. The van der Waals surface area contributed by atoms with Crippen molar-refractivity contribution in [1.82, 2.24) is 10.2 Å². The highest BCUT2D eigenvalue weighted by Crippen LogP contribution is 2.17. The quantitative estimate of drug-likeness (QED) is 0.813. The van der Waals surface area contributed by atoms with Crippen LogP contribution in [0.15, 0.2) is 30.3 Å². The van der Waals surface area contributed by atoms with E-state index in [4.69, 9.17) is 4.74 Å². The van der Waals surface area contributed by atoms with Crippen molar-refractivity contribution in [2.75, 3.05) is 33.3 Å². The van der Waals surface area contributed by atoms with Crippen molar-refractivity contribution in [3.63, 3.8) is 0 Å². The number of morpholine rings is 1. The van der Waals surface area contributed by atoms with Gasteiger partial charge in [-0.3, -0.25) is 4.79 Å². The van der Waals surface area contributed by atoms with Crippen molar-refractivity contribution in [2.24, 2.45) is 0 Å². The Morgan fingerprint density at radius 1 is 1.53 bits per heavy atom. The van der Waals surface area contributed by atoms with E-state index >= 15 is 0 Å². The van der Waals surface area contributed by atoms with Crippen LogP contribution in [0.1, 0.15) is 11.7 Å². The Morgan fingerprint density at radius 2 is 2.26 bits per heavy atom. The van der Waals surface area contributed by atoms with Gasteiger partial charge in [0.25, 0.3) is 5.91 Å². The van der Waals surface area contributed by atoms with Gasteiger partial charge in [-0.25, -0.2) is 0 Å². The van der Waals surface area contributed by atoms with Crippen LogP contribution in [-0.2, 0) is 9.53 Å². The lowest BCUT2D eigenvalue weighted by molar-refractivity contribution is -0.147. The summed E-state index contributed by atoms with van der Waals surface area (Å²) in [6, 6.07) is 9.00. The second-order valence-electron chi connectivity index (χ2n) is 4.65.